The van der Waals surface area contributed by atoms with Gasteiger partial charge in [0.2, 0.25) is 0 Å². The van der Waals surface area contributed by atoms with Crippen molar-refractivity contribution >= 4 is 44.1 Å². The first-order valence-corrected chi connectivity index (χ1v) is 10.0. The normalized spacial score (nSPS) is 15.4. The molecule has 128 valence electrons. The van der Waals surface area contributed by atoms with Gasteiger partial charge >= 0.3 is 0 Å². The summed E-state index contributed by atoms with van der Waals surface area (Å²) >= 11 is 9.82. The maximum atomic E-state index is 6.05. The molecule has 0 bridgehead atoms. The highest BCUT2D eigenvalue weighted by molar-refractivity contribution is 9.10. The summed E-state index contributed by atoms with van der Waals surface area (Å²) in [5, 5.41) is 6.80. The molecule has 4 heteroatoms. The van der Waals surface area contributed by atoms with Gasteiger partial charge in [0.05, 0.1) is 10.2 Å². The molecule has 0 amide bonds. The number of anilines is 1. The molecule has 1 aliphatic carbocycles. The first-order valence-electron chi connectivity index (χ1n) is 8.83. The lowest BCUT2D eigenvalue weighted by atomic mass is 9.95. The highest BCUT2D eigenvalue weighted by atomic mass is 79.9. The number of fused-ring (bicyclic) bond motifs is 1. The molecule has 0 spiro atoms. The molecule has 1 heterocycles. The van der Waals surface area contributed by atoms with Gasteiger partial charge in [0.25, 0.3) is 0 Å². The molecule has 3 aromatic rings. The van der Waals surface area contributed by atoms with E-state index in [-0.39, 0.29) is 0 Å². The zero-order valence-corrected chi connectivity index (χ0v) is 16.3. The molecule has 25 heavy (non-hydrogen) atoms. The third-order valence-corrected chi connectivity index (χ3v) is 5.97. The van der Waals surface area contributed by atoms with E-state index in [1.54, 1.807) is 0 Å². The monoisotopic (exact) mass is 414 g/mol. The van der Waals surface area contributed by atoms with Gasteiger partial charge in [0.1, 0.15) is 5.82 Å². The van der Waals surface area contributed by atoms with Gasteiger partial charge in [-0.05, 0) is 40.9 Å². The molecular weight excluding hydrogens is 396 g/mol. The number of pyridine rings is 1. The third kappa shape index (κ3) is 3.54. The van der Waals surface area contributed by atoms with E-state index in [0.29, 0.717) is 6.04 Å². The molecule has 0 atom stereocenters. The van der Waals surface area contributed by atoms with E-state index in [1.165, 1.54) is 37.5 Å². The molecule has 2 nitrogen and oxygen atoms in total. The van der Waals surface area contributed by atoms with Crippen molar-refractivity contribution in [1.29, 1.82) is 0 Å². The topological polar surface area (TPSA) is 24.9 Å². The van der Waals surface area contributed by atoms with Crippen LogP contribution in [0, 0.1) is 0 Å². The van der Waals surface area contributed by atoms with Crippen LogP contribution in [0.2, 0.25) is 5.02 Å². The Morgan fingerprint density at radius 2 is 1.60 bits per heavy atom. The molecule has 0 saturated heterocycles. The van der Waals surface area contributed by atoms with Crippen molar-refractivity contribution in [3.05, 3.63) is 58.0 Å². The Bertz CT molecular complexity index is 886. The maximum Gasteiger partial charge on any atom is 0.134 e. The van der Waals surface area contributed by atoms with Gasteiger partial charge in [0.15, 0.2) is 0 Å². The Morgan fingerprint density at radius 1 is 0.920 bits per heavy atom. The highest BCUT2D eigenvalue weighted by Crippen LogP contribution is 2.37. The minimum Gasteiger partial charge on any atom is -0.367 e. The third-order valence-electron chi connectivity index (χ3n) is 4.91. The van der Waals surface area contributed by atoms with Crippen LogP contribution in [0.4, 0.5) is 5.82 Å². The molecule has 1 fully saturated rings. The zero-order valence-electron chi connectivity index (χ0n) is 13.9. The van der Waals surface area contributed by atoms with Crippen molar-refractivity contribution < 1.29 is 0 Å². The largest absolute Gasteiger partial charge is 0.367 e. The summed E-state index contributed by atoms with van der Waals surface area (Å²) in [6, 6.07) is 16.8. The number of hydrogen-bond acceptors (Lipinski definition) is 2. The molecule has 0 aliphatic heterocycles. The fourth-order valence-electron chi connectivity index (χ4n) is 3.58. The molecule has 1 aromatic heterocycles. The van der Waals surface area contributed by atoms with Crippen LogP contribution >= 0.6 is 27.5 Å². The first-order chi connectivity index (χ1) is 12.2. The van der Waals surface area contributed by atoms with Crippen molar-refractivity contribution in [2.24, 2.45) is 0 Å². The second kappa shape index (κ2) is 7.35. The summed E-state index contributed by atoms with van der Waals surface area (Å²) in [5.74, 6) is 0.982. The number of nitrogens with zero attached hydrogens (tertiary/aromatic N) is 1. The molecule has 4 rings (SSSR count). The Hall–Kier alpha value is -1.58. The van der Waals surface area contributed by atoms with Crippen LogP contribution in [0.15, 0.2) is 53.0 Å². The zero-order chi connectivity index (χ0) is 17.2. The minimum atomic E-state index is 0.517. The Kier molecular flexibility index (Phi) is 4.96. The van der Waals surface area contributed by atoms with Crippen LogP contribution in [0.5, 0.6) is 0 Å². The average Bonchev–Trinajstić information content (AvgIpc) is 2.66. The van der Waals surface area contributed by atoms with Gasteiger partial charge in [0, 0.05) is 27.4 Å². The van der Waals surface area contributed by atoms with Crippen molar-refractivity contribution in [3.8, 4) is 11.3 Å². The van der Waals surface area contributed by atoms with Gasteiger partial charge in [-0.25, -0.2) is 4.98 Å². The lowest BCUT2D eigenvalue weighted by Crippen LogP contribution is -2.23. The predicted molar refractivity (Wildman–Crippen MR) is 110 cm³/mol. The van der Waals surface area contributed by atoms with Crippen molar-refractivity contribution in [2.45, 2.75) is 38.1 Å². The summed E-state index contributed by atoms with van der Waals surface area (Å²) in [5.41, 5.74) is 2.02. The van der Waals surface area contributed by atoms with Gasteiger partial charge in [-0.1, -0.05) is 67.3 Å². The summed E-state index contributed by atoms with van der Waals surface area (Å²) < 4.78 is 1.03. The van der Waals surface area contributed by atoms with Crippen LogP contribution in [-0.2, 0) is 0 Å². The van der Waals surface area contributed by atoms with Crippen LogP contribution in [-0.4, -0.2) is 11.0 Å². The minimum absolute atomic E-state index is 0.517. The maximum absolute atomic E-state index is 6.05. The molecule has 1 saturated carbocycles. The van der Waals surface area contributed by atoms with E-state index in [9.17, 15) is 0 Å². The molecular formula is C21H20BrClN2. The van der Waals surface area contributed by atoms with Gasteiger partial charge in [-0.2, -0.15) is 0 Å². The average molecular weight is 416 g/mol. The second-order valence-electron chi connectivity index (χ2n) is 6.65. The predicted octanol–water partition coefficient (Wildman–Crippen LogP) is 7.06. The van der Waals surface area contributed by atoms with E-state index in [2.05, 4.69) is 45.5 Å². The summed E-state index contributed by atoms with van der Waals surface area (Å²) in [7, 11) is 0. The summed E-state index contributed by atoms with van der Waals surface area (Å²) in [4.78, 5) is 4.99. The fourth-order valence-corrected chi connectivity index (χ4v) is 4.37. The standard InChI is InChI=1S/C21H20BrClN2/c22-19-17-8-4-5-9-18(17)21(24-16-6-2-1-3-7-16)25-20(19)14-10-12-15(23)13-11-14/h4-5,8-13,16H,1-3,6-7H2,(H,24,25). The van der Waals surface area contributed by atoms with Crippen LogP contribution in [0.25, 0.3) is 22.0 Å². The SMILES string of the molecule is Clc1ccc(-c2nc(NC3CCCCC3)c3ccccc3c2Br)cc1. The Labute approximate surface area is 161 Å². The first kappa shape index (κ1) is 16.9. The molecule has 0 radical (unpaired) electrons. The van der Waals surface area contributed by atoms with E-state index in [0.717, 1.165) is 32.0 Å². The summed E-state index contributed by atoms with van der Waals surface area (Å²) in [6.45, 7) is 0. The second-order valence-corrected chi connectivity index (χ2v) is 7.88. The number of rotatable bonds is 3. The van der Waals surface area contributed by atoms with Gasteiger partial charge in [-0.15, -0.1) is 0 Å². The van der Waals surface area contributed by atoms with E-state index < -0.39 is 0 Å². The Balaban J connectivity index is 1.83. The Morgan fingerprint density at radius 3 is 2.32 bits per heavy atom. The molecule has 1 N–H and O–H groups in total. The number of hydrogen-bond donors (Lipinski definition) is 1. The highest BCUT2D eigenvalue weighted by Gasteiger charge is 2.18. The van der Waals surface area contributed by atoms with E-state index in [1.807, 2.05) is 24.3 Å². The summed E-state index contributed by atoms with van der Waals surface area (Å²) in [6.07, 6.45) is 6.40. The van der Waals surface area contributed by atoms with Crippen molar-refractivity contribution in [2.75, 3.05) is 5.32 Å². The lowest BCUT2D eigenvalue weighted by Gasteiger charge is -2.24. The van der Waals surface area contributed by atoms with Crippen LogP contribution in [0.3, 0.4) is 0 Å². The molecule has 1 aliphatic rings. The smallest absolute Gasteiger partial charge is 0.134 e. The quantitative estimate of drug-likeness (QED) is 0.495. The number of benzene rings is 2. The van der Waals surface area contributed by atoms with Crippen molar-refractivity contribution in [1.82, 2.24) is 4.98 Å². The van der Waals surface area contributed by atoms with Crippen LogP contribution < -0.4 is 5.32 Å². The number of nitrogens with one attached hydrogen (secondary N) is 1. The lowest BCUT2D eigenvalue weighted by molar-refractivity contribution is 0.462. The number of aromatic nitrogens is 1. The van der Waals surface area contributed by atoms with Gasteiger partial charge in [-0.3, -0.25) is 0 Å². The number of halogens is 2. The van der Waals surface area contributed by atoms with E-state index >= 15 is 0 Å². The molecule has 0 unspecified atom stereocenters. The molecule has 2 aromatic carbocycles. The van der Waals surface area contributed by atoms with Gasteiger partial charge < -0.3 is 5.32 Å². The van der Waals surface area contributed by atoms with E-state index in [4.69, 9.17) is 16.6 Å². The fraction of sp³-hybridized carbons (Fsp3) is 0.286. The van der Waals surface area contributed by atoms with Crippen molar-refractivity contribution in [3.63, 3.8) is 0 Å². The van der Waals surface area contributed by atoms with Crippen LogP contribution in [0.1, 0.15) is 32.1 Å².